The van der Waals surface area contributed by atoms with Crippen molar-refractivity contribution in [2.24, 2.45) is 0 Å². The van der Waals surface area contributed by atoms with Crippen molar-refractivity contribution in [2.75, 3.05) is 11.1 Å². The SMILES string of the molecule is Nc1ccc(N/C=C\C=C/C=O)cc1. The maximum Gasteiger partial charge on any atom is 0.142 e. The van der Waals surface area contributed by atoms with E-state index in [0.29, 0.717) is 0 Å². The molecule has 0 unspecified atom stereocenters. The number of nitrogens with one attached hydrogen (secondary N) is 1. The maximum absolute atomic E-state index is 9.92. The van der Waals surface area contributed by atoms with Crippen LogP contribution in [0.1, 0.15) is 0 Å². The van der Waals surface area contributed by atoms with Crippen LogP contribution < -0.4 is 11.1 Å². The quantitative estimate of drug-likeness (QED) is 0.328. The molecular formula is C11H12N2O. The van der Waals surface area contributed by atoms with Crippen LogP contribution in [0.15, 0.2) is 48.7 Å². The molecule has 3 N–H and O–H groups in total. The predicted molar refractivity (Wildman–Crippen MR) is 58.8 cm³/mol. The summed E-state index contributed by atoms with van der Waals surface area (Å²) in [4.78, 5) is 9.92. The van der Waals surface area contributed by atoms with Gasteiger partial charge in [0.15, 0.2) is 0 Å². The van der Waals surface area contributed by atoms with Gasteiger partial charge in [0, 0.05) is 17.6 Å². The van der Waals surface area contributed by atoms with Crippen molar-refractivity contribution in [2.45, 2.75) is 0 Å². The largest absolute Gasteiger partial charge is 0.399 e. The van der Waals surface area contributed by atoms with Crippen molar-refractivity contribution >= 4 is 17.7 Å². The van der Waals surface area contributed by atoms with Gasteiger partial charge in [0.25, 0.3) is 0 Å². The van der Waals surface area contributed by atoms with Gasteiger partial charge < -0.3 is 11.1 Å². The van der Waals surface area contributed by atoms with Gasteiger partial charge >= 0.3 is 0 Å². The van der Waals surface area contributed by atoms with Crippen molar-refractivity contribution in [1.29, 1.82) is 0 Å². The van der Waals surface area contributed by atoms with E-state index in [1.54, 1.807) is 18.4 Å². The number of anilines is 2. The zero-order chi connectivity index (χ0) is 10.2. The van der Waals surface area contributed by atoms with E-state index < -0.39 is 0 Å². The standard InChI is InChI=1S/C11H12N2O/c12-10-4-6-11(7-5-10)13-8-2-1-3-9-14/h1-9,13H,12H2/b3-1-,8-2-. The molecule has 0 fully saturated rings. The van der Waals surface area contributed by atoms with E-state index in [9.17, 15) is 4.79 Å². The predicted octanol–water partition coefficient (Wildman–Crippen LogP) is 1.95. The van der Waals surface area contributed by atoms with Crippen LogP contribution in [0.5, 0.6) is 0 Å². The van der Waals surface area contributed by atoms with Crippen molar-refractivity contribution < 1.29 is 4.79 Å². The van der Waals surface area contributed by atoms with Crippen molar-refractivity contribution in [1.82, 2.24) is 0 Å². The summed E-state index contributed by atoms with van der Waals surface area (Å²) in [6, 6.07) is 7.39. The molecule has 0 saturated carbocycles. The summed E-state index contributed by atoms with van der Waals surface area (Å²) >= 11 is 0. The van der Waals surface area contributed by atoms with Crippen LogP contribution in [0.4, 0.5) is 11.4 Å². The molecule has 0 radical (unpaired) electrons. The Balaban J connectivity index is 2.45. The van der Waals surface area contributed by atoms with Gasteiger partial charge in [0.05, 0.1) is 0 Å². The summed E-state index contributed by atoms with van der Waals surface area (Å²) in [7, 11) is 0. The highest BCUT2D eigenvalue weighted by molar-refractivity contribution is 5.65. The Morgan fingerprint density at radius 3 is 2.43 bits per heavy atom. The third-order valence-electron chi connectivity index (χ3n) is 1.56. The molecule has 14 heavy (non-hydrogen) atoms. The second kappa shape index (κ2) is 5.59. The molecule has 3 heteroatoms. The van der Waals surface area contributed by atoms with Crippen LogP contribution in [0, 0.1) is 0 Å². The number of carbonyl (C=O) groups excluding carboxylic acids is 1. The van der Waals surface area contributed by atoms with Crippen LogP contribution in [0.2, 0.25) is 0 Å². The summed E-state index contributed by atoms with van der Waals surface area (Å²) in [5.41, 5.74) is 7.22. The average Bonchev–Trinajstić information content (AvgIpc) is 2.21. The Morgan fingerprint density at radius 1 is 1.07 bits per heavy atom. The van der Waals surface area contributed by atoms with Gasteiger partial charge in [-0.2, -0.15) is 0 Å². The second-order valence-electron chi connectivity index (χ2n) is 2.65. The van der Waals surface area contributed by atoms with Crippen molar-refractivity contribution in [3.8, 4) is 0 Å². The van der Waals surface area contributed by atoms with Crippen LogP contribution in [0.3, 0.4) is 0 Å². The molecule has 0 aromatic heterocycles. The third-order valence-corrected chi connectivity index (χ3v) is 1.56. The highest BCUT2D eigenvalue weighted by Crippen LogP contribution is 2.09. The fourth-order valence-electron chi connectivity index (χ4n) is 0.889. The van der Waals surface area contributed by atoms with E-state index >= 15 is 0 Å². The molecule has 0 spiro atoms. The highest BCUT2D eigenvalue weighted by atomic mass is 16.1. The summed E-state index contributed by atoms with van der Waals surface area (Å²) in [6.45, 7) is 0. The maximum atomic E-state index is 9.92. The lowest BCUT2D eigenvalue weighted by molar-refractivity contribution is -0.104. The molecule has 3 nitrogen and oxygen atoms in total. The Bertz CT molecular complexity index is 339. The summed E-state index contributed by atoms with van der Waals surface area (Å²) in [5, 5.41) is 3.03. The van der Waals surface area contributed by atoms with Gasteiger partial charge in [-0.25, -0.2) is 0 Å². The average molecular weight is 188 g/mol. The fourth-order valence-corrected chi connectivity index (χ4v) is 0.889. The van der Waals surface area contributed by atoms with Gasteiger partial charge in [0.2, 0.25) is 0 Å². The normalized spacial score (nSPS) is 10.9. The van der Waals surface area contributed by atoms with E-state index in [-0.39, 0.29) is 0 Å². The molecule has 0 heterocycles. The van der Waals surface area contributed by atoms with E-state index in [0.717, 1.165) is 17.7 Å². The zero-order valence-corrected chi connectivity index (χ0v) is 7.68. The first kappa shape index (κ1) is 10.1. The highest BCUT2D eigenvalue weighted by Gasteiger charge is 1.86. The topological polar surface area (TPSA) is 55.1 Å². The van der Waals surface area contributed by atoms with Crippen LogP contribution in [0.25, 0.3) is 0 Å². The third kappa shape index (κ3) is 3.58. The smallest absolute Gasteiger partial charge is 0.142 e. The number of nitrogen functional groups attached to an aromatic ring is 1. The lowest BCUT2D eigenvalue weighted by Gasteiger charge is -1.99. The lowest BCUT2D eigenvalue weighted by atomic mass is 10.3. The summed E-state index contributed by atoms with van der Waals surface area (Å²) < 4.78 is 0. The molecular weight excluding hydrogens is 176 g/mol. The molecule has 0 aliphatic carbocycles. The molecule has 0 aliphatic rings. The molecule has 0 bridgehead atoms. The van der Waals surface area contributed by atoms with E-state index in [2.05, 4.69) is 5.32 Å². The first-order chi connectivity index (χ1) is 6.83. The first-order valence-electron chi connectivity index (χ1n) is 4.22. The van der Waals surface area contributed by atoms with E-state index in [1.807, 2.05) is 24.3 Å². The number of aldehydes is 1. The molecule has 1 rings (SSSR count). The second-order valence-corrected chi connectivity index (χ2v) is 2.65. The minimum absolute atomic E-state index is 0.730. The van der Waals surface area contributed by atoms with E-state index in [4.69, 9.17) is 5.73 Å². The van der Waals surface area contributed by atoms with Gasteiger partial charge in [-0.15, -0.1) is 0 Å². The van der Waals surface area contributed by atoms with Gasteiger partial charge in [-0.1, -0.05) is 6.08 Å². The van der Waals surface area contributed by atoms with Crippen LogP contribution in [-0.2, 0) is 4.79 Å². The molecule has 1 aromatic carbocycles. The fraction of sp³-hybridized carbons (Fsp3) is 0. The number of hydrogen-bond donors (Lipinski definition) is 2. The number of hydrogen-bond acceptors (Lipinski definition) is 3. The monoisotopic (exact) mass is 188 g/mol. The first-order valence-corrected chi connectivity index (χ1v) is 4.22. The number of rotatable bonds is 4. The zero-order valence-electron chi connectivity index (χ0n) is 7.68. The van der Waals surface area contributed by atoms with Gasteiger partial charge in [0.1, 0.15) is 6.29 Å². The Kier molecular flexibility index (Phi) is 4.01. The molecule has 0 atom stereocenters. The van der Waals surface area contributed by atoms with Crippen LogP contribution in [-0.4, -0.2) is 6.29 Å². The number of allylic oxidation sites excluding steroid dienone is 3. The number of nitrogens with two attached hydrogens (primary N) is 1. The van der Waals surface area contributed by atoms with Crippen molar-refractivity contribution in [3.63, 3.8) is 0 Å². The molecule has 72 valence electrons. The lowest BCUT2D eigenvalue weighted by Crippen LogP contribution is -1.88. The Morgan fingerprint density at radius 2 is 1.79 bits per heavy atom. The Hall–Kier alpha value is -2.03. The summed E-state index contributed by atoms with van der Waals surface area (Å²) in [6.07, 6.45) is 7.28. The molecule has 1 aromatic rings. The molecule has 0 amide bonds. The van der Waals surface area contributed by atoms with E-state index in [1.165, 1.54) is 6.08 Å². The summed E-state index contributed by atoms with van der Waals surface area (Å²) in [5.74, 6) is 0. The number of carbonyl (C=O) groups is 1. The number of benzene rings is 1. The van der Waals surface area contributed by atoms with Crippen LogP contribution >= 0.6 is 0 Å². The minimum Gasteiger partial charge on any atom is -0.399 e. The van der Waals surface area contributed by atoms with Crippen molar-refractivity contribution in [3.05, 3.63) is 48.7 Å². The Labute approximate surface area is 82.9 Å². The minimum atomic E-state index is 0.730. The molecule has 0 aliphatic heterocycles. The van der Waals surface area contributed by atoms with Gasteiger partial charge in [-0.3, -0.25) is 4.79 Å². The van der Waals surface area contributed by atoms with Gasteiger partial charge in [-0.05, 0) is 36.4 Å². The molecule has 0 saturated heterocycles.